The number of aryl methyl sites for hydroxylation is 1. The Morgan fingerprint density at radius 1 is 1.30 bits per heavy atom. The summed E-state index contributed by atoms with van der Waals surface area (Å²) in [5, 5.41) is 13.3. The second-order valence-corrected chi connectivity index (χ2v) is 6.77. The Morgan fingerprint density at radius 3 is 2.78 bits per heavy atom. The number of allylic oxidation sites excluding steroid dienone is 1. The van der Waals surface area contributed by atoms with Gasteiger partial charge in [0.25, 0.3) is 0 Å². The van der Waals surface area contributed by atoms with Gasteiger partial charge in [0.05, 0.1) is 30.7 Å². The first-order valence-electron chi connectivity index (χ1n) is 9.37. The van der Waals surface area contributed by atoms with Crippen molar-refractivity contribution in [2.24, 2.45) is 4.99 Å². The van der Waals surface area contributed by atoms with Gasteiger partial charge in [-0.1, -0.05) is 18.7 Å². The molecule has 1 fully saturated rings. The Bertz CT molecular complexity index is 792. The molecule has 27 heavy (non-hydrogen) atoms. The first-order chi connectivity index (χ1) is 13.1. The average molecular weight is 368 g/mol. The Hall–Kier alpha value is -2.51. The van der Waals surface area contributed by atoms with E-state index in [-0.39, 0.29) is 12.6 Å². The van der Waals surface area contributed by atoms with Gasteiger partial charge in [-0.15, -0.1) is 0 Å². The molecular weight excluding hydrogens is 340 g/mol. The molecule has 0 bridgehead atoms. The minimum Gasteiger partial charge on any atom is -0.394 e. The van der Waals surface area contributed by atoms with E-state index in [0.29, 0.717) is 6.54 Å². The van der Waals surface area contributed by atoms with Crippen LogP contribution in [-0.2, 0) is 6.54 Å². The fourth-order valence-electron chi connectivity index (χ4n) is 3.31. The third-order valence-electron chi connectivity index (χ3n) is 5.00. The lowest BCUT2D eigenvalue weighted by molar-refractivity contribution is 0.195. The summed E-state index contributed by atoms with van der Waals surface area (Å²) in [6, 6.07) is 4.42. The summed E-state index contributed by atoms with van der Waals surface area (Å²) in [5.41, 5.74) is 3.22. The van der Waals surface area contributed by atoms with Crippen LogP contribution in [0.1, 0.15) is 24.2 Å². The Morgan fingerprint density at radius 2 is 2.07 bits per heavy atom. The maximum Gasteiger partial charge on any atom is 0.155 e. The normalized spacial score (nSPS) is 16.8. The zero-order chi connectivity index (χ0) is 19.2. The van der Waals surface area contributed by atoms with Crippen molar-refractivity contribution >= 4 is 17.7 Å². The summed E-state index contributed by atoms with van der Waals surface area (Å²) in [5.74, 6) is 0.759. The van der Waals surface area contributed by atoms with Gasteiger partial charge in [-0.25, -0.2) is 9.98 Å². The molecule has 1 unspecified atom stereocenters. The second-order valence-electron chi connectivity index (χ2n) is 6.77. The third-order valence-corrected chi connectivity index (χ3v) is 5.00. The standard InChI is InChI=1S/C20H28N6O/c1-4-7-21-20-16(2)5-6-19(23-20)17(3)24-8-10-25(11-9-24)18-14-22-26(15-18)12-13-27/h4-7,14-15,17,27H,1,8-13H2,2-3H3. The van der Waals surface area contributed by atoms with E-state index >= 15 is 0 Å². The number of nitrogens with zero attached hydrogens (tertiary/aromatic N) is 6. The van der Waals surface area contributed by atoms with Gasteiger partial charge < -0.3 is 10.0 Å². The number of pyridine rings is 1. The number of piperazine rings is 1. The lowest BCUT2D eigenvalue weighted by Gasteiger charge is -2.38. The first kappa shape index (κ1) is 19.3. The van der Waals surface area contributed by atoms with Gasteiger partial charge in [-0.3, -0.25) is 9.58 Å². The first-order valence-corrected chi connectivity index (χ1v) is 9.37. The van der Waals surface area contributed by atoms with Crippen LogP contribution in [0, 0.1) is 6.92 Å². The SMILES string of the molecule is C=CC=Nc1nc(C(C)N2CCN(c3cnn(CCO)c3)CC2)ccc1C. The molecule has 1 atom stereocenters. The van der Waals surface area contributed by atoms with E-state index in [2.05, 4.69) is 45.5 Å². The van der Waals surface area contributed by atoms with Crippen LogP contribution in [-0.4, -0.2) is 63.8 Å². The molecule has 7 heteroatoms. The molecule has 3 heterocycles. The molecule has 7 nitrogen and oxygen atoms in total. The molecule has 1 aliphatic heterocycles. The largest absolute Gasteiger partial charge is 0.394 e. The van der Waals surface area contributed by atoms with Crippen molar-refractivity contribution in [3.05, 3.63) is 48.4 Å². The van der Waals surface area contributed by atoms with Crippen LogP contribution in [0.3, 0.4) is 0 Å². The van der Waals surface area contributed by atoms with Crippen LogP contribution < -0.4 is 4.90 Å². The van der Waals surface area contributed by atoms with Crippen LogP contribution in [0.15, 0.2) is 42.2 Å². The minimum absolute atomic E-state index is 0.106. The highest BCUT2D eigenvalue weighted by Gasteiger charge is 2.24. The number of aliphatic imine (C=N–C) groups is 1. The second kappa shape index (κ2) is 8.92. The van der Waals surface area contributed by atoms with Gasteiger partial charge in [0.1, 0.15) is 0 Å². The van der Waals surface area contributed by atoms with E-state index in [4.69, 9.17) is 10.1 Å². The van der Waals surface area contributed by atoms with Gasteiger partial charge in [0, 0.05) is 44.6 Å². The number of aromatic nitrogens is 3. The predicted molar refractivity (Wildman–Crippen MR) is 109 cm³/mol. The monoisotopic (exact) mass is 368 g/mol. The van der Waals surface area contributed by atoms with Crippen molar-refractivity contribution in [3.8, 4) is 0 Å². The van der Waals surface area contributed by atoms with E-state index in [0.717, 1.165) is 48.9 Å². The minimum atomic E-state index is 0.106. The van der Waals surface area contributed by atoms with Crippen molar-refractivity contribution in [3.63, 3.8) is 0 Å². The van der Waals surface area contributed by atoms with E-state index in [9.17, 15) is 0 Å². The van der Waals surface area contributed by atoms with E-state index < -0.39 is 0 Å². The van der Waals surface area contributed by atoms with Crippen molar-refractivity contribution in [2.75, 3.05) is 37.7 Å². The highest BCUT2D eigenvalue weighted by molar-refractivity contribution is 5.73. The van der Waals surface area contributed by atoms with Crippen molar-refractivity contribution < 1.29 is 5.11 Å². The lowest BCUT2D eigenvalue weighted by atomic mass is 10.1. The van der Waals surface area contributed by atoms with Gasteiger partial charge >= 0.3 is 0 Å². The molecule has 3 rings (SSSR count). The average Bonchev–Trinajstić information content (AvgIpc) is 3.16. The number of aliphatic hydroxyl groups is 1. The highest BCUT2D eigenvalue weighted by atomic mass is 16.3. The molecule has 1 aliphatic rings. The maximum absolute atomic E-state index is 9.03. The Balaban J connectivity index is 1.63. The lowest BCUT2D eigenvalue weighted by Crippen LogP contribution is -2.47. The molecule has 0 amide bonds. The summed E-state index contributed by atoms with van der Waals surface area (Å²) < 4.78 is 1.78. The van der Waals surface area contributed by atoms with E-state index in [1.807, 2.05) is 19.3 Å². The predicted octanol–water partition coefficient (Wildman–Crippen LogP) is 2.35. The maximum atomic E-state index is 9.03. The number of hydrogen-bond donors (Lipinski definition) is 1. The summed E-state index contributed by atoms with van der Waals surface area (Å²) in [4.78, 5) is 13.9. The Kier molecular flexibility index (Phi) is 6.36. The fourth-order valence-corrected chi connectivity index (χ4v) is 3.31. The zero-order valence-electron chi connectivity index (χ0n) is 16.1. The number of hydrogen-bond acceptors (Lipinski definition) is 6. The Labute approximate surface area is 160 Å². The van der Waals surface area contributed by atoms with Gasteiger partial charge in [-0.05, 0) is 25.5 Å². The van der Waals surface area contributed by atoms with Crippen molar-refractivity contribution in [1.29, 1.82) is 0 Å². The van der Waals surface area contributed by atoms with Crippen LogP contribution >= 0.6 is 0 Å². The molecule has 0 spiro atoms. The summed E-state index contributed by atoms with van der Waals surface area (Å²) in [6.07, 6.45) is 7.22. The molecule has 0 saturated carbocycles. The number of anilines is 1. The molecule has 0 radical (unpaired) electrons. The van der Waals surface area contributed by atoms with Gasteiger partial charge in [0.2, 0.25) is 0 Å². The molecule has 2 aromatic heterocycles. The van der Waals surface area contributed by atoms with Crippen LogP contribution in [0.4, 0.5) is 11.5 Å². The quantitative estimate of drug-likeness (QED) is 0.760. The molecule has 0 aromatic carbocycles. The number of aliphatic hydroxyl groups excluding tert-OH is 1. The smallest absolute Gasteiger partial charge is 0.155 e. The third kappa shape index (κ3) is 4.61. The topological polar surface area (TPSA) is 69.8 Å². The van der Waals surface area contributed by atoms with E-state index in [1.54, 1.807) is 17.0 Å². The summed E-state index contributed by atoms with van der Waals surface area (Å²) in [6.45, 7) is 12.4. The van der Waals surface area contributed by atoms with Crippen molar-refractivity contribution in [1.82, 2.24) is 19.7 Å². The molecule has 1 saturated heterocycles. The summed E-state index contributed by atoms with van der Waals surface area (Å²) in [7, 11) is 0. The molecule has 1 N–H and O–H groups in total. The summed E-state index contributed by atoms with van der Waals surface area (Å²) >= 11 is 0. The van der Waals surface area contributed by atoms with Crippen molar-refractivity contribution in [2.45, 2.75) is 26.4 Å². The van der Waals surface area contributed by atoms with Gasteiger partial charge in [0.15, 0.2) is 5.82 Å². The number of rotatable bonds is 7. The molecule has 144 valence electrons. The zero-order valence-corrected chi connectivity index (χ0v) is 16.1. The van der Waals surface area contributed by atoms with Crippen LogP contribution in [0.25, 0.3) is 0 Å². The van der Waals surface area contributed by atoms with Gasteiger partial charge in [-0.2, -0.15) is 5.10 Å². The van der Waals surface area contributed by atoms with Crippen LogP contribution in [0.5, 0.6) is 0 Å². The van der Waals surface area contributed by atoms with Crippen LogP contribution in [0.2, 0.25) is 0 Å². The molecular formula is C20H28N6O. The van der Waals surface area contributed by atoms with E-state index in [1.165, 1.54) is 0 Å². The fraction of sp³-hybridized carbons (Fsp3) is 0.450. The highest BCUT2D eigenvalue weighted by Crippen LogP contribution is 2.25. The molecule has 2 aromatic rings. The molecule has 0 aliphatic carbocycles.